The molecule has 0 bridgehead atoms. The predicted molar refractivity (Wildman–Crippen MR) is 116 cm³/mol. The maximum Gasteiger partial charge on any atom is 0.321 e. The maximum atomic E-state index is 12.3. The summed E-state index contributed by atoms with van der Waals surface area (Å²) in [5, 5.41) is 5.88. The molecule has 7 heteroatoms. The highest BCUT2D eigenvalue weighted by atomic mass is 16.5. The second-order valence-corrected chi connectivity index (χ2v) is 7.23. The summed E-state index contributed by atoms with van der Waals surface area (Å²) in [5.74, 6) is 1.26. The van der Waals surface area contributed by atoms with Crippen molar-refractivity contribution in [3.8, 4) is 11.5 Å². The van der Waals surface area contributed by atoms with E-state index in [-0.39, 0.29) is 24.6 Å². The lowest BCUT2D eigenvalue weighted by Crippen LogP contribution is -2.48. The minimum atomic E-state index is -0.159. The lowest BCUT2D eigenvalue weighted by Gasteiger charge is -2.32. The first kappa shape index (κ1) is 21.5. The molecule has 3 rings (SSSR count). The molecule has 1 fully saturated rings. The number of ether oxygens (including phenoxy) is 2. The van der Waals surface area contributed by atoms with E-state index >= 15 is 0 Å². The van der Waals surface area contributed by atoms with Crippen molar-refractivity contribution in [3.05, 3.63) is 54.6 Å². The van der Waals surface area contributed by atoms with Gasteiger partial charge in [0, 0.05) is 24.8 Å². The fourth-order valence-electron chi connectivity index (χ4n) is 3.22. The molecule has 0 atom stereocenters. The Bertz CT molecular complexity index is 803. The van der Waals surface area contributed by atoms with Crippen molar-refractivity contribution < 1.29 is 19.1 Å². The first-order valence-corrected chi connectivity index (χ1v) is 10.4. The van der Waals surface area contributed by atoms with Crippen molar-refractivity contribution >= 4 is 17.6 Å². The van der Waals surface area contributed by atoms with Crippen molar-refractivity contribution in [2.75, 3.05) is 31.6 Å². The molecule has 0 unspecified atom stereocenters. The normalized spacial score (nSPS) is 14.1. The molecule has 0 radical (unpaired) electrons. The van der Waals surface area contributed by atoms with E-state index in [1.165, 1.54) is 0 Å². The molecule has 160 valence electrons. The van der Waals surface area contributed by atoms with Gasteiger partial charge in [-0.1, -0.05) is 25.1 Å². The quantitative estimate of drug-likeness (QED) is 0.695. The van der Waals surface area contributed by atoms with E-state index in [9.17, 15) is 9.59 Å². The highest BCUT2D eigenvalue weighted by molar-refractivity contribution is 5.89. The van der Waals surface area contributed by atoms with Crippen LogP contribution in [0.25, 0.3) is 0 Å². The smallest absolute Gasteiger partial charge is 0.321 e. The van der Waals surface area contributed by atoms with E-state index in [1.807, 2.05) is 42.5 Å². The lowest BCUT2D eigenvalue weighted by molar-refractivity contribution is -0.124. The van der Waals surface area contributed by atoms with Gasteiger partial charge < -0.3 is 25.0 Å². The summed E-state index contributed by atoms with van der Waals surface area (Å²) < 4.78 is 11.1. The van der Waals surface area contributed by atoms with Gasteiger partial charge in [0.15, 0.2) is 6.61 Å². The molecular formula is C23H29N3O4. The Labute approximate surface area is 177 Å². The summed E-state index contributed by atoms with van der Waals surface area (Å²) in [6.45, 7) is 3.89. The van der Waals surface area contributed by atoms with Gasteiger partial charge in [0.05, 0.1) is 6.61 Å². The maximum absolute atomic E-state index is 12.3. The molecule has 2 aromatic rings. The second-order valence-electron chi connectivity index (χ2n) is 7.23. The molecule has 0 aromatic heterocycles. The van der Waals surface area contributed by atoms with Crippen LogP contribution in [0.15, 0.2) is 54.6 Å². The Kier molecular flexibility index (Phi) is 7.94. The fourth-order valence-corrected chi connectivity index (χ4v) is 3.22. The summed E-state index contributed by atoms with van der Waals surface area (Å²) in [6, 6.07) is 16.6. The largest absolute Gasteiger partial charge is 0.494 e. The van der Waals surface area contributed by atoms with Gasteiger partial charge >= 0.3 is 6.03 Å². The van der Waals surface area contributed by atoms with Crippen LogP contribution in [0.2, 0.25) is 0 Å². The van der Waals surface area contributed by atoms with Gasteiger partial charge in [-0.05, 0) is 55.7 Å². The van der Waals surface area contributed by atoms with Crippen LogP contribution >= 0.6 is 0 Å². The summed E-state index contributed by atoms with van der Waals surface area (Å²) in [5.41, 5.74) is 0.778. The molecule has 30 heavy (non-hydrogen) atoms. The highest BCUT2D eigenvalue weighted by Gasteiger charge is 2.24. The molecule has 0 saturated carbocycles. The average molecular weight is 412 g/mol. The SMILES string of the molecule is CCCOc1ccc(OCC(=O)NC2CCN(C(=O)Nc3ccccc3)CC2)cc1. The minimum absolute atomic E-state index is 0.0378. The predicted octanol–water partition coefficient (Wildman–Crippen LogP) is 3.67. The van der Waals surface area contributed by atoms with Crippen LogP contribution in [0.5, 0.6) is 11.5 Å². The fraction of sp³-hybridized carbons (Fsp3) is 0.391. The number of anilines is 1. The zero-order valence-corrected chi connectivity index (χ0v) is 17.3. The van der Waals surface area contributed by atoms with Crippen molar-refractivity contribution in [3.63, 3.8) is 0 Å². The number of hydrogen-bond acceptors (Lipinski definition) is 4. The lowest BCUT2D eigenvalue weighted by atomic mass is 10.1. The van der Waals surface area contributed by atoms with Crippen molar-refractivity contribution in [1.82, 2.24) is 10.2 Å². The van der Waals surface area contributed by atoms with Crippen LogP contribution in [0.1, 0.15) is 26.2 Å². The molecule has 2 N–H and O–H groups in total. The number of piperidine rings is 1. The number of urea groups is 1. The van der Waals surface area contributed by atoms with Gasteiger partial charge in [-0.15, -0.1) is 0 Å². The van der Waals surface area contributed by atoms with Crippen LogP contribution in [-0.2, 0) is 4.79 Å². The van der Waals surface area contributed by atoms with Gasteiger partial charge in [-0.3, -0.25) is 4.79 Å². The van der Waals surface area contributed by atoms with Crippen LogP contribution < -0.4 is 20.1 Å². The number of nitrogens with zero attached hydrogens (tertiary/aromatic N) is 1. The van der Waals surface area contributed by atoms with Gasteiger partial charge in [0.1, 0.15) is 11.5 Å². The average Bonchev–Trinajstić information content (AvgIpc) is 2.78. The Morgan fingerprint density at radius 1 is 0.967 bits per heavy atom. The minimum Gasteiger partial charge on any atom is -0.494 e. The Hall–Kier alpha value is -3.22. The molecular weight excluding hydrogens is 382 g/mol. The third-order valence-electron chi connectivity index (χ3n) is 4.84. The third-order valence-corrected chi connectivity index (χ3v) is 4.84. The molecule has 0 aliphatic carbocycles. The first-order valence-electron chi connectivity index (χ1n) is 10.4. The number of rotatable bonds is 8. The Morgan fingerprint density at radius 3 is 2.23 bits per heavy atom. The number of para-hydroxylation sites is 1. The second kappa shape index (κ2) is 11.1. The summed E-state index contributed by atoms with van der Waals surface area (Å²) in [6.07, 6.45) is 2.39. The monoisotopic (exact) mass is 411 g/mol. The van der Waals surface area contributed by atoms with Crippen LogP contribution in [0, 0.1) is 0 Å². The van der Waals surface area contributed by atoms with Crippen molar-refractivity contribution in [2.24, 2.45) is 0 Å². The van der Waals surface area contributed by atoms with Gasteiger partial charge in [-0.25, -0.2) is 4.79 Å². The number of amides is 3. The molecule has 1 aliphatic rings. The van der Waals surface area contributed by atoms with Gasteiger partial charge in [0.2, 0.25) is 0 Å². The molecule has 3 amide bonds. The number of hydrogen-bond donors (Lipinski definition) is 2. The van der Waals surface area contributed by atoms with Gasteiger partial charge in [0.25, 0.3) is 5.91 Å². The molecule has 1 heterocycles. The van der Waals surface area contributed by atoms with Crippen molar-refractivity contribution in [1.29, 1.82) is 0 Å². The molecule has 0 spiro atoms. The van der Waals surface area contributed by atoms with E-state index in [0.29, 0.717) is 25.4 Å². The number of nitrogens with one attached hydrogen (secondary N) is 2. The van der Waals surface area contributed by atoms with Gasteiger partial charge in [-0.2, -0.15) is 0 Å². The molecule has 2 aromatic carbocycles. The van der Waals surface area contributed by atoms with E-state index in [1.54, 1.807) is 17.0 Å². The Balaban J connectivity index is 1.35. The molecule has 1 aliphatic heterocycles. The number of benzene rings is 2. The van der Waals surface area contributed by atoms with E-state index in [4.69, 9.17) is 9.47 Å². The standard InChI is InChI=1S/C23H29N3O4/c1-2-16-29-20-8-10-21(11-9-20)30-17-22(27)24-19-12-14-26(15-13-19)23(28)25-18-6-4-3-5-7-18/h3-11,19H,2,12-17H2,1H3,(H,24,27)(H,25,28). The topological polar surface area (TPSA) is 79.9 Å². The summed E-state index contributed by atoms with van der Waals surface area (Å²) >= 11 is 0. The van der Waals surface area contributed by atoms with Crippen LogP contribution in [0.4, 0.5) is 10.5 Å². The third kappa shape index (κ3) is 6.69. The summed E-state index contributed by atoms with van der Waals surface area (Å²) in [7, 11) is 0. The van der Waals surface area contributed by atoms with Crippen LogP contribution in [-0.4, -0.2) is 49.2 Å². The summed E-state index contributed by atoms with van der Waals surface area (Å²) in [4.78, 5) is 26.3. The number of likely N-dealkylation sites (tertiary alicyclic amines) is 1. The highest BCUT2D eigenvalue weighted by Crippen LogP contribution is 2.18. The number of carbonyl (C=O) groups excluding carboxylic acids is 2. The van der Waals surface area contributed by atoms with Crippen LogP contribution in [0.3, 0.4) is 0 Å². The van der Waals surface area contributed by atoms with E-state index in [0.717, 1.165) is 30.7 Å². The Morgan fingerprint density at radius 2 is 1.60 bits per heavy atom. The van der Waals surface area contributed by atoms with E-state index < -0.39 is 0 Å². The molecule has 7 nitrogen and oxygen atoms in total. The molecule has 1 saturated heterocycles. The first-order chi connectivity index (χ1) is 14.6. The van der Waals surface area contributed by atoms with E-state index in [2.05, 4.69) is 17.6 Å². The number of carbonyl (C=O) groups is 2. The zero-order valence-electron chi connectivity index (χ0n) is 17.3. The van der Waals surface area contributed by atoms with Crippen molar-refractivity contribution in [2.45, 2.75) is 32.2 Å². The zero-order chi connectivity index (χ0) is 21.2.